The Hall–Kier alpha value is -4.45. The van der Waals surface area contributed by atoms with E-state index in [4.69, 9.17) is 14.2 Å². The van der Waals surface area contributed by atoms with Gasteiger partial charge in [0.15, 0.2) is 6.10 Å². The van der Waals surface area contributed by atoms with E-state index < -0.39 is 12.1 Å². The van der Waals surface area contributed by atoms with Gasteiger partial charge < -0.3 is 14.2 Å². The molecule has 1 unspecified atom stereocenters. The molecule has 6 heteroatoms. The number of allylic oxidation sites excluding steroid dienone is 21. The lowest BCUT2D eigenvalue weighted by Crippen LogP contribution is -2.30. The summed E-state index contributed by atoms with van der Waals surface area (Å²) < 4.78 is 16.8. The van der Waals surface area contributed by atoms with E-state index in [9.17, 15) is 14.4 Å². The third-order valence-corrected chi connectivity index (χ3v) is 14.2. The Morgan fingerprint density at radius 2 is 0.531 bits per heavy atom. The zero-order valence-corrected chi connectivity index (χ0v) is 52.8. The highest BCUT2D eigenvalue weighted by Crippen LogP contribution is 2.17. The molecule has 0 bridgehead atoms. The smallest absolute Gasteiger partial charge is 0.309 e. The van der Waals surface area contributed by atoms with Gasteiger partial charge in [-0.2, -0.15) is 0 Å². The van der Waals surface area contributed by atoms with Gasteiger partial charge in [0.25, 0.3) is 0 Å². The molecule has 0 aromatic carbocycles. The van der Waals surface area contributed by atoms with Crippen LogP contribution in [0.15, 0.2) is 134 Å². The van der Waals surface area contributed by atoms with Crippen molar-refractivity contribution in [2.45, 2.75) is 309 Å². The van der Waals surface area contributed by atoms with Crippen LogP contribution in [0, 0.1) is 0 Å². The van der Waals surface area contributed by atoms with E-state index in [1.807, 2.05) is 6.08 Å². The predicted octanol–water partition coefficient (Wildman–Crippen LogP) is 23.3. The third kappa shape index (κ3) is 66.2. The van der Waals surface area contributed by atoms with Crippen LogP contribution < -0.4 is 0 Å². The number of hydrogen-bond donors (Lipinski definition) is 0. The average Bonchev–Trinajstić information content (AvgIpc) is 3.47. The first-order valence-electron chi connectivity index (χ1n) is 33.7. The quantitative estimate of drug-likeness (QED) is 0.0261. The summed E-state index contributed by atoms with van der Waals surface area (Å²) in [4.78, 5) is 38.3. The van der Waals surface area contributed by atoms with E-state index in [-0.39, 0.29) is 31.6 Å². The number of carbonyl (C=O) groups is 3. The summed E-state index contributed by atoms with van der Waals surface area (Å²) in [5, 5.41) is 0. The molecule has 0 aromatic heterocycles. The zero-order chi connectivity index (χ0) is 58.5. The molecule has 81 heavy (non-hydrogen) atoms. The summed E-state index contributed by atoms with van der Waals surface area (Å²) in [5.41, 5.74) is 0. The van der Waals surface area contributed by atoms with Crippen molar-refractivity contribution in [3.63, 3.8) is 0 Å². The molecule has 0 radical (unpaired) electrons. The Morgan fingerprint density at radius 3 is 0.864 bits per heavy atom. The van der Waals surface area contributed by atoms with Gasteiger partial charge in [-0.05, 0) is 116 Å². The molecule has 0 aromatic rings. The summed E-state index contributed by atoms with van der Waals surface area (Å²) >= 11 is 0. The van der Waals surface area contributed by atoms with Crippen LogP contribution in [0.2, 0.25) is 0 Å². The number of ether oxygens (including phenoxy) is 3. The average molecular weight is 1120 g/mol. The van der Waals surface area contributed by atoms with Crippen LogP contribution in [0.25, 0.3) is 0 Å². The first kappa shape index (κ1) is 76.5. The van der Waals surface area contributed by atoms with Crippen molar-refractivity contribution in [1.82, 2.24) is 0 Å². The second-order valence-corrected chi connectivity index (χ2v) is 22.0. The number of unbranched alkanes of at least 4 members (excludes halogenated alkanes) is 28. The molecular weight excluding hydrogens is 997 g/mol. The van der Waals surface area contributed by atoms with Gasteiger partial charge in [-0.3, -0.25) is 14.4 Å². The molecule has 0 saturated heterocycles. The van der Waals surface area contributed by atoms with Crippen LogP contribution in [0.1, 0.15) is 303 Å². The Morgan fingerprint density at radius 1 is 0.272 bits per heavy atom. The molecule has 0 aliphatic heterocycles. The molecule has 0 saturated carbocycles. The van der Waals surface area contributed by atoms with Crippen LogP contribution in [0.4, 0.5) is 0 Å². The number of carbonyl (C=O) groups excluding carboxylic acids is 3. The highest BCUT2D eigenvalue weighted by molar-refractivity contribution is 5.72. The maximum absolute atomic E-state index is 12.9. The number of hydrogen-bond acceptors (Lipinski definition) is 6. The van der Waals surface area contributed by atoms with Crippen molar-refractivity contribution in [3.05, 3.63) is 134 Å². The Bertz CT molecular complexity index is 1720. The van der Waals surface area contributed by atoms with E-state index in [1.54, 1.807) is 6.08 Å². The van der Waals surface area contributed by atoms with Crippen molar-refractivity contribution in [3.8, 4) is 0 Å². The largest absolute Gasteiger partial charge is 0.462 e. The second kappa shape index (κ2) is 68.1. The van der Waals surface area contributed by atoms with E-state index in [0.717, 1.165) is 109 Å². The lowest BCUT2D eigenvalue weighted by molar-refractivity contribution is -0.166. The summed E-state index contributed by atoms with van der Waals surface area (Å²) in [5.74, 6) is -1.05. The summed E-state index contributed by atoms with van der Waals surface area (Å²) in [6.07, 6.45) is 96.5. The van der Waals surface area contributed by atoms with Crippen LogP contribution in [-0.4, -0.2) is 37.2 Å². The van der Waals surface area contributed by atoms with Crippen LogP contribution >= 0.6 is 0 Å². The topological polar surface area (TPSA) is 78.9 Å². The highest BCUT2D eigenvalue weighted by atomic mass is 16.6. The van der Waals surface area contributed by atoms with Crippen LogP contribution in [0.3, 0.4) is 0 Å². The fraction of sp³-hybridized carbons (Fsp3) is 0.667. The molecule has 0 amide bonds. The van der Waals surface area contributed by atoms with Crippen molar-refractivity contribution >= 4 is 17.9 Å². The highest BCUT2D eigenvalue weighted by Gasteiger charge is 2.19. The van der Waals surface area contributed by atoms with E-state index in [1.165, 1.54) is 154 Å². The molecule has 0 aliphatic rings. The van der Waals surface area contributed by atoms with Gasteiger partial charge in [0.2, 0.25) is 0 Å². The Balaban J connectivity index is 4.30. The first-order valence-corrected chi connectivity index (χ1v) is 33.7. The molecule has 0 rings (SSSR count). The molecule has 0 spiro atoms. The molecule has 0 fully saturated rings. The van der Waals surface area contributed by atoms with Crippen molar-refractivity contribution in [2.75, 3.05) is 13.2 Å². The fourth-order valence-electron chi connectivity index (χ4n) is 9.19. The first-order chi connectivity index (χ1) is 40.0. The normalized spacial score (nSPS) is 13.0. The molecule has 0 heterocycles. The van der Waals surface area contributed by atoms with Crippen LogP contribution in [-0.2, 0) is 28.6 Å². The van der Waals surface area contributed by atoms with Gasteiger partial charge in [-0.25, -0.2) is 0 Å². The maximum Gasteiger partial charge on any atom is 0.309 e. The van der Waals surface area contributed by atoms with Gasteiger partial charge in [0.05, 0.1) is 6.42 Å². The standard InChI is InChI=1S/C75H124O6/c1-4-7-10-13-16-19-22-25-28-30-31-32-33-34-35-36-37-38-39-40-41-42-43-45-47-50-53-56-59-62-65-68-74(77)80-71-72(70-79-73(76)67-64-61-58-55-52-49-46-27-24-21-18-15-12-9-6-3)81-75(78)69-66-63-60-57-54-51-48-44-29-26-23-20-17-14-11-8-5-2/h7,9-10,12,16-21,25-29,31-32,46,52,55,61,64,72H,4-6,8,11,13-15,22-24,30,33-45,47-51,53-54,56-60,62-63,65-71H2,1-3H3/b10-7-,12-9-,19-16-,20-17-,21-18-,28-25-,29-26-,32-31-,46-27-,55-52-,64-61-. The van der Waals surface area contributed by atoms with Crippen LogP contribution in [0.5, 0.6) is 0 Å². The minimum Gasteiger partial charge on any atom is -0.462 e. The van der Waals surface area contributed by atoms with E-state index >= 15 is 0 Å². The summed E-state index contributed by atoms with van der Waals surface area (Å²) in [7, 11) is 0. The SMILES string of the molecule is CC/C=C\C/C=C\C/C=C\C/C=C\C/C=C\CC(=O)OCC(COC(=O)CCCCCCCCCCCCCCCCCCCC/C=C\C/C=C\C/C=C\C/C=C\CC)OC(=O)CCCCCCCCC/C=C\C/C=C\CCCCC. The van der Waals surface area contributed by atoms with Gasteiger partial charge >= 0.3 is 17.9 Å². The van der Waals surface area contributed by atoms with E-state index in [2.05, 4.69) is 142 Å². The Kier molecular flexibility index (Phi) is 64.3. The third-order valence-electron chi connectivity index (χ3n) is 14.2. The van der Waals surface area contributed by atoms with Gasteiger partial charge in [-0.15, -0.1) is 0 Å². The summed E-state index contributed by atoms with van der Waals surface area (Å²) in [6, 6.07) is 0. The van der Waals surface area contributed by atoms with Gasteiger partial charge in [0.1, 0.15) is 13.2 Å². The summed E-state index contributed by atoms with van der Waals surface area (Å²) in [6.45, 7) is 6.31. The van der Waals surface area contributed by atoms with Gasteiger partial charge in [0, 0.05) is 12.8 Å². The fourth-order valence-corrected chi connectivity index (χ4v) is 9.19. The minimum atomic E-state index is -0.826. The predicted molar refractivity (Wildman–Crippen MR) is 353 cm³/mol. The zero-order valence-electron chi connectivity index (χ0n) is 52.8. The molecule has 460 valence electrons. The lowest BCUT2D eigenvalue weighted by atomic mass is 10.0. The van der Waals surface area contributed by atoms with Crippen molar-refractivity contribution < 1.29 is 28.6 Å². The van der Waals surface area contributed by atoms with Crippen molar-refractivity contribution in [2.24, 2.45) is 0 Å². The van der Waals surface area contributed by atoms with Gasteiger partial charge in [-0.1, -0.05) is 302 Å². The molecule has 0 aliphatic carbocycles. The molecule has 0 N–H and O–H groups in total. The van der Waals surface area contributed by atoms with E-state index in [0.29, 0.717) is 12.8 Å². The maximum atomic E-state index is 12.9. The molecular formula is C75H124O6. The number of esters is 3. The van der Waals surface area contributed by atoms with Crippen molar-refractivity contribution in [1.29, 1.82) is 0 Å². The lowest BCUT2D eigenvalue weighted by Gasteiger charge is -2.18. The molecule has 1 atom stereocenters. The minimum absolute atomic E-state index is 0.112. The molecule has 6 nitrogen and oxygen atoms in total. The Labute approximate surface area is 500 Å². The second-order valence-electron chi connectivity index (χ2n) is 22.0. The number of rotatable bonds is 60. The monoisotopic (exact) mass is 1120 g/mol.